The van der Waals surface area contributed by atoms with E-state index < -0.39 is 0 Å². The molecule has 0 saturated carbocycles. The minimum Gasteiger partial charge on any atom is -0.497 e. The van der Waals surface area contributed by atoms with Crippen LogP contribution >= 0.6 is 0 Å². The zero-order valence-corrected chi connectivity index (χ0v) is 22.5. The predicted molar refractivity (Wildman–Crippen MR) is 152 cm³/mol. The smallest absolute Gasteiger partial charge is 0.314 e. The molecule has 2 amide bonds. The van der Waals surface area contributed by atoms with Crippen molar-refractivity contribution in [3.63, 3.8) is 0 Å². The van der Waals surface area contributed by atoms with Gasteiger partial charge in [-0.3, -0.25) is 4.90 Å². The second-order valence-electron chi connectivity index (χ2n) is 9.74. The molecule has 1 saturated heterocycles. The normalized spacial score (nSPS) is 14.6. The van der Waals surface area contributed by atoms with Crippen molar-refractivity contribution in [2.24, 2.45) is 0 Å². The van der Waals surface area contributed by atoms with Crippen LogP contribution in [0.5, 0.6) is 5.75 Å². The third-order valence-corrected chi connectivity index (χ3v) is 7.06. The standard InChI is InChI=1S/C30H38FN5O2/c1-34(2)26-10-6-24(7-11-26)29(36-20-18-35(19-21-36)27-12-8-25(31)9-13-27)22-33-30(37)32-17-16-23-4-14-28(38-3)15-5-23/h4-15,29H,16-22H2,1-3H3,(H2,32,33,37). The average Bonchev–Trinajstić information content (AvgIpc) is 2.94. The highest BCUT2D eigenvalue weighted by Gasteiger charge is 2.26. The lowest BCUT2D eigenvalue weighted by molar-refractivity contribution is 0.180. The van der Waals surface area contributed by atoms with Crippen LogP contribution in [0.15, 0.2) is 72.8 Å². The molecule has 1 aliphatic heterocycles. The predicted octanol–water partition coefficient (Wildman–Crippen LogP) is 4.31. The second kappa shape index (κ2) is 13.1. The molecule has 1 unspecified atom stereocenters. The van der Waals surface area contributed by atoms with Crippen molar-refractivity contribution >= 4 is 17.4 Å². The van der Waals surface area contributed by atoms with Gasteiger partial charge in [-0.2, -0.15) is 0 Å². The molecule has 38 heavy (non-hydrogen) atoms. The monoisotopic (exact) mass is 519 g/mol. The van der Waals surface area contributed by atoms with Gasteiger partial charge < -0.3 is 25.2 Å². The summed E-state index contributed by atoms with van der Waals surface area (Å²) in [4.78, 5) is 19.4. The number of nitrogens with one attached hydrogen (secondary N) is 2. The van der Waals surface area contributed by atoms with E-state index in [0.29, 0.717) is 13.1 Å². The topological polar surface area (TPSA) is 60.1 Å². The molecule has 2 N–H and O–H groups in total. The van der Waals surface area contributed by atoms with E-state index in [2.05, 4.69) is 49.6 Å². The number of hydrogen-bond acceptors (Lipinski definition) is 5. The molecule has 0 radical (unpaired) electrons. The Hall–Kier alpha value is -3.78. The highest BCUT2D eigenvalue weighted by Crippen LogP contribution is 2.26. The van der Waals surface area contributed by atoms with Gasteiger partial charge in [-0.1, -0.05) is 24.3 Å². The van der Waals surface area contributed by atoms with Gasteiger partial charge in [0, 0.05) is 64.7 Å². The summed E-state index contributed by atoms with van der Waals surface area (Å²) in [5.41, 5.74) is 4.48. The van der Waals surface area contributed by atoms with Crippen molar-refractivity contribution in [2.45, 2.75) is 12.5 Å². The average molecular weight is 520 g/mol. The molecule has 7 nitrogen and oxygen atoms in total. The largest absolute Gasteiger partial charge is 0.497 e. The minimum absolute atomic E-state index is 0.0499. The molecule has 202 valence electrons. The molecule has 1 fully saturated rings. The van der Waals surface area contributed by atoms with E-state index in [0.717, 1.165) is 55.3 Å². The van der Waals surface area contributed by atoms with Gasteiger partial charge in [0.1, 0.15) is 11.6 Å². The zero-order valence-electron chi connectivity index (χ0n) is 22.5. The molecule has 1 heterocycles. The summed E-state index contributed by atoms with van der Waals surface area (Å²) < 4.78 is 18.6. The number of carbonyl (C=O) groups is 1. The highest BCUT2D eigenvalue weighted by atomic mass is 19.1. The number of hydrogen-bond donors (Lipinski definition) is 2. The summed E-state index contributed by atoms with van der Waals surface area (Å²) in [6, 6.07) is 23.0. The molecule has 1 atom stereocenters. The van der Waals surface area contributed by atoms with Gasteiger partial charge in [0.25, 0.3) is 0 Å². The number of nitrogens with zero attached hydrogens (tertiary/aromatic N) is 3. The van der Waals surface area contributed by atoms with E-state index in [4.69, 9.17) is 4.74 Å². The summed E-state index contributed by atoms with van der Waals surface area (Å²) in [7, 11) is 5.70. The molecular weight excluding hydrogens is 481 g/mol. The SMILES string of the molecule is COc1ccc(CCNC(=O)NCC(c2ccc(N(C)C)cc2)N2CCN(c3ccc(F)cc3)CC2)cc1. The van der Waals surface area contributed by atoms with E-state index in [1.807, 2.05) is 50.5 Å². The lowest BCUT2D eigenvalue weighted by atomic mass is 10.0. The van der Waals surface area contributed by atoms with Crippen LogP contribution in [0.25, 0.3) is 0 Å². The zero-order chi connectivity index (χ0) is 26.9. The second-order valence-corrected chi connectivity index (χ2v) is 9.74. The van der Waals surface area contributed by atoms with Gasteiger partial charge in [0.15, 0.2) is 0 Å². The van der Waals surface area contributed by atoms with Gasteiger partial charge in [0.2, 0.25) is 0 Å². The van der Waals surface area contributed by atoms with Crippen LogP contribution in [0, 0.1) is 5.82 Å². The molecule has 3 aromatic carbocycles. The number of ether oxygens (including phenoxy) is 1. The van der Waals surface area contributed by atoms with E-state index in [1.165, 1.54) is 17.7 Å². The van der Waals surface area contributed by atoms with Crippen molar-refractivity contribution in [3.05, 3.63) is 89.7 Å². The summed E-state index contributed by atoms with van der Waals surface area (Å²) in [6.07, 6.45) is 0.748. The fraction of sp³-hybridized carbons (Fsp3) is 0.367. The van der Waals surface area contributed by atoms with E-state index in [-0.39, 0.29) is 17.9 Å². The highest BCUT2D eigenvalue weighted by molar-refractivity contribution is 5.73. The maximum absolute atomic E-state index is 13.4. The number of amides is 2. The molecule has 1 aliphatic rings. The van der Waals surface area contributed by atoms with E-state index in [1.54, 1.807) is 7.11 Å². The first kappa shape index (κ1) is 27.3. The summed E-state index contributed by atoms with van der Waals surface area (Å²) in [5.74, 6) is 0.601. The van der Waals surface area contributed by atoms with Crippen molar-refractivity contribution in [3.8, 4) is 5.75 Å². The van der Waals surface area contributed by atoms with E-state index in [9.17, 15) is 9.18 Å². The molecule has 0 spiro atoms. The Bertz CT molecular complexity index is 1140. The van der Waals surface area contributed by atoms with Gasteiger partial charge >= 0.3 is 6.03 Å². The Morgan fingerprint density at radius 1 is 0.921 bits per heavy atom. The summed E-state index contributed by atoms with van der Waals surface area (Å²) >= 11 is 0. The molecule has 0 aliphatic carbocycles. The first-order valence-electron chi connectivity index (χ1n) is 13.1. The van der Waals surface area contributed by atoms with Crippen molar-refractivity contribution in [1.82, 2.24) is 15.5 Å². The summed E-state index contributed by atoms with van der Waals surface area (Å²) in [5, 5.41) is 6.07. The Balaban J connectivity index is 1.35. The van der Waals surface area contributed by atoms with Crippen molar-refractivity contribution < 1.29 is 13.9 Å². The number of halogens is 1. The van der Waals surface area contributed by atoms with Gasteiger partial charge in [-0.25, -0.2) is 9.18 Å². The van der Waals surface area contributed by atoms with Crippen LogP contribution in [0.2, 0.25) is 0 Å². The molecule has 0 bridgehead atoms. The van der Waals surface area contributed by atoms with Crippen LogP contribution in [-0.4, -0.2) is 71.4 Å². The number of anilines is 2. The van der Waals surface area contributed by atoms with Crippen LogP contribution in [0.1, 0.15) is 17.2 Å². The van der Waals surface area contributed by atoms with Crippen LogP contribution in [0.4, 0.5) is 20.6 Å². The van der Waals surface area contributed by atoms with Crippen molar-refractivity contribution in [2.75, 3.05) is 70.3 Å². The number of piperazine rings is 1. The lowest BCUT2D eigenvalue weighted by Crippen LogP contribution is -2.50. The lowest BCUT2D eigenvalue weighted by Gasteiger charge is -2.40. The van der Waals surface area contributed by atoms with Crippen LogP contribution < -0.4 is 25.2 Å². The number of methoxy groups -OCH3 is 1. The van der Waals surface area contributed by atoms with Gasteiger partial charge in [-0.15, -0.1) is 0 Å². The number of urea groups is 1. The Morgan fingerprint density at radius 2 is 1.58 bits per heavy atom. The molecule has 4 rings (SSSR count). The quantitative estimate of drug-likeness (QED) is 0.418. The number of benzene rings is 3. The Kier molecular flexibility index (Phi) is 9.43. The first-order chi connectivity index (χ1) is 18.4. The first-order valence-corrected chi connectivity index (χ1v) is 13.1. The number of carbonyl (C=O) groups excluding carboxylic acids is 1. The Labute approximate surface area is 225 Å². The van der Waals surface area contributed by atoms with Gasteiger partial charge in [0.05, 0.1) is 13.2 Å². The van der Waals surface area contributed by atoms with Crippen LogP contribution in [0.3, 0.4) is 0 Å². The Morgan fingerprint density at radius 3 is 2.18 bits per heavy atom. The molecule has 8 heteroatoms. The molecular formula is C30H38FN5O2. The maximum atomic E-state index is 13.4. The van der Waals surface area contributed by atoms with Gasteiger partial charge in [-0.05, 0) is 66.1 Å². The summed E-state index contributed by atoms with van der Waals surface area (Å²) in [6.45, 7) is 4.43. The molecule has 0 aromatic heterocycles. The fourth-order valence-electron chi connectivity index (χ4n) is 4.76. The van der Waals surface area contributed by atoms with Crippen molar-refractivity contribution in [1.29, 1.82) is 0 Å². The maximum Gasteiger partial charge on any atom is 0.314 e. The minimum atomic E-state index is -0.220. The third-order valence-electron chi connectivity index (χ3n) is 7.06. The molecule has 3 aromatic rings. The van der Waals surface area contributed by atoms with E-state index >= 15 is 0 Å². The third kappa shape index (κ3) is 7.38. The van der Waals surface area contributed by atoms with Crippen LogP contribution in [-0.2, 0) is 6.42 Å². The fourth-order valence-corrected chi connectivity index (χ4v) is 4.76. The number of rotatable bonds is 10.